The molecule has 0 saturated carbocycles. The van der Waals surface area contributed by atoms with E-state index >= 15 is 0 Å². The molecular formula is C15H20Br2N2S2. The van der Waals surface area contributed by atoms with Gasteiger partial charge in [0.25, 0.3) is 0 Å². The highest BCUT2D eigenvalue weighted by Gasteiger charge is 2.14. The lowest BCUT2D eigenvalue weighted by Crippen LogP contribution is -1.88. The Kier molecular flexibility index (Phi) is 7.32. The topological polar surface area (TPSA) is 25.8 Å². The average Bonchev–Trinajstić information content (AvgIpc) is 2.98. The van der Waals surface area contributed by atoms with Crippen molar-refractivity contribution >= 4 is 54.5 Å². The molecule has 0 aliphatic rings. The maximum absolute atomic E-state index is 4.77. The van der Waals surface area contributed by atoms with Gasteiger partial charge in [-0.15, -0.1) is 22.7 Å². The van der Waals surface area contributed by atoms with Crippen LogP contribution in [0, 0.1) is 6.92 Å². The number of unbranched alkanes of at least 4 members (excludes halogenated alkanes) is 5. The quantitative estimate of drug-likeness (QED) is 0.403. The Hall–Kier alpha value is 0.220. The highest BCUT2D eigenvalue weighted by atomic mass is 79.9. The van der Waals surface area contributed by atoms with Crippen LogP contribution in [0.25, 0.3) is 10.0 Å². The Morgan fingerprint density at radius 1 is 0.857 bits per heavy atom. The smallest absolute Gasteiger partial charge is 0.153 e. The highest BCUT2D eigenvalue weighted by molar-refractivity contribution is 9.11. The molecule has 2 heterocycles. The molecule has 0 aliphatic carbocycles. The van der Waals surface area contributed by atoms with Gasteiger partial charge in [0.15, 0.2) is 10.0 Å². The fourth-order valence-corrected chi connectivity index (χ4v) is 5.07. The number of halogens is 2. The molecule has 0 bridgehead atoms. The number of aryl methyl sites for hydroxylation is 2. The van der Waals surface area contributed by atoms with Crippen molar-refractivity contribution in [3.63, 3.8) is 0 Å². The summed E-state index contributed by atoms with van der Waals surface area (Å²) in [6, 6.07) is 0. The van der Waals surface area contributed by atoms with Gasteiger partial charge in [-0.05, 0) is 51.6 Å². The van der Waals surface area contributed by atoms with Crippen LogP contribution in [0.4, 0.5) is 0 Å². The summed E-state index contributed by atoms with van der Waals surface area (Å²) >= 11 is 10.5. The lowest BCUT2D eigenvalue weighted by molar-refractivity contribution is 0.605. The predicted octanol–water partition coefficient (Wildman–Crippen LogP) is 7.00. The molecule has 0 fully saturated rings. The normalized spacial score (nSPS) is 11.2. The number of thiazole rings is 2. The van der Waals surface area contributed by atoms with Gasteiger partial charge in [0.2, 0.25) is 0 Å². The number of nitrogens with zero attached hydrogens (tertiary/aromatic N) is 2. The zero-order chi connectivity index (χ0) is 15.2. The summed E-state index contributed by atoms with van der Waals surface area (Å²) in [5, 5.41) is 2.04. The van der Waals surface area contributed by atoms with E-state index in [-0.39, 0.29) is 0 Å². The van der Waals surface area contributed by atoms with E-state index in [2.05, 4.69) is 43.8 Å². The SMILES string of the molecule is CCCCCCCCc1nc(-c2nc(C)c(Br)s2)sc1Br. The Balaban J connectivity index is 1.90. The minimum absolute atomic E-state index is 1.01. The number of hydrogen-bond donors (Lipinski definition) is 0. The van der Waals surface area contributed by atoms with E-state index in [0.29, 0.717) is 0 Å². The van der Waals surface area contributed by atoms with Gasteiger partial charge >= 0.3 is 0 Å². The predicted molar refractivity (Wildman–Crippen MR) is 100 cm³/mol. The molecule has 0 aliphatic heterocycles. The molecule has 0 spiro atoms. The van der Waals surface area contributed by atoms with E-state index in [9.17, 15) is 0 Å². The zero-order valence-corrected chi connectivity index (χ0v) is 17.2. The maximum Gasteiger partial charge on any atom is 0.153 e. The highest BCUT2D eigenvalue weighted by Crippen LogP contribution is 2.37. The van der Waals surface area contributed by atoms with Crippen LogP contribution in [0.15, 0.2) is 7.57 Å². The third kappa shape index (κ3) is 5.12. The number of aromatic nitrogens is 2. The molecule has 0 atom stereocenters. The first-order valence-corrected chi connectivity index (χ1v) is 10.6. The molecule has 0 saturated heterocycles. The number of hydrogen-bond acceptors (Lipinski definition) is 4. The molecule has 0 aromatic carbocycles. The van der Waals surface area contributed by atoms with Crippen LogP contribution in [0.5, 0.6) is 0 Å². The lowest BCUT2D eigenvalue weighted by Gasteiger charge is -1.99. The van der Waals surface area contributed by atoms with E-state index in [4.69, 9.17) is 4.98 Å². The van der Waals surface area contributed by atoms with Crippen LogP contribution < -0.4 is 0 Å². The zero-order valence-electron chi connectivity index (χ0n) is 12.4. The summed E-state index contributed by atoms with van der Waals surface area (Å²) in [6.45, 7) is 4.27. The van der Waals surface area contributed by atoms with Gasteiger partial charge in [0, 0.05) is 0 Å². The van der Waals surface area contributed by atoms with Gasteiger partial charge < -0.3 is 0 Å². The molecule has 2 aromatic heterocycles. The largest absolute Gasteiger partial charge is 0.238 e. The number of rotatable bonds is 8. The maximum atomic E-state index is 4.77. The molecule has 21 heavy (non-hydrogen) atoms. The third-order valence-corrected chi connectivity index (χ3v) is 7.32. The van der Waals surface area contributed by atoms with E-state index in [0.717, 1.165) is 29.7 Å². The molecule has 2 aromatic rings. The first-order chi connectivity index (χ1) is 10.1. The first kappa shape index (κ1) is 17.6. The fourth-order valence-electron chi connectivity index (χ4n) is 2.12. The Bertz CT molecular complexity index is 559. The summed E-state index contributed by atoms with van der Waals surface area (Å²) in [5.41, 5.74) is 2.23. The van der Waals surface area contributed by atoms with Crippen molar-refractivity contribution in [2.45, 2.75) is 58.8 Å². The summed E-state index contributed by atoms with van der Waals surface area (Å²) in [4.78, 5) is 9.33. The van der Waals surface area contributed by atoms with Crippen molar-refractivity contribution in [2.24, 2.45) is 0 Å². The van der Waals surface area contributed by atoms with Crippen LogP contribution in [0.2, 0.25) is 0 Å². The fraction of sp³-hybridized carbons (Fsp3) is 0.600. The molecule has 0 N–H and O–H groups in total. The first-order valence-electron chi connectivity index (χ1n) is 7.40. The van der Waals surface area contributed by atoms with E-state index in [1.807, 2.05) is 6.92 Å². The van der Waals surface area contributed by atoms with Gasteiger partial charge in [0.1, 0.15) is 0 Å². The van der Waals surface area contributed by atoms with E-state index < -0.39 is 0 Å². The van der Waals surface area contributed by atoms with Gasteiger partial charge in [-0.2, -0.15) is 0 Å². The third-order valence-electron chi connectivity index (χ3n) is 3.34. The summed E-state index contributed by atoms with van der Waals surface area (Å²) in [6.07, 6.45) is 8.99. The summed E-state index contributed by atoms with van der Waals surface area (Å²) in [7, 11) is 0. The van der Waals surface area contributed by atoms with Crippen molar-refractivity contribution < 1.29 is 0 Å². The second kappa shape index (κ2) is 8.75. The monoisotopic (exact) mass is 450 g/mol. The molecule has 2 nitrogen and oxygen atoms in total. The molecule has 0 amide bonds. The molecule has 0 radical (unpaired) electrons. The summed E-state index contributed by atoms with van der Waals surface area (Å²) in [5.74, 6) is 0. The van der Waals surface area contributed by atoms with Crippen molar-refractivity contribution in [3.05, 3.63) is 19.0 Å². The van der Waals surface area contributed by atoms with Crippen LogP contribution in [-0.4, -0.2) is 9.97 Å². The second-order valence-corrected chi connectivity index (χ2v) is 9.77. The van der Waals surface area contributed by atoms with Crippen LogP contribution in [0.3, 0.4) is 0 Å². The minimum atomic E-state index is 1.01. The molecule has 0 unspecified atom stereocenters. The Morgan fingerprint density at radius 3 is 2.14 bits per heavy atom. The molecule has 2 rings (SSSR count). The van der Waals surface area contributed by atoms with E-state index in [1.54, 1.807) is 22.7 Å². The molecule has 116 valence electrons. The van der Waals surface area contributed by atoms with Gasteiger partial charge in [-0.25, -0.2) is 9.97 Å². The second-order valence-electron chi connectivity index (χ2n) is 5.14. The van der Waals surface area contributed by atoms with Crippen molar-refractivity contribution in [1.29, 1.82) is 0 Å². The Labute approximate surface area is 151 Å². The van der Waals surface area contributed by atoms with Gasteiger partial charge in [0.05, 0.1) is 19.0 Å². The average molecular weight is 452 g/mol. The van der Waals surface area contributed by atoms with Crippen LogP contribution in [-0.2, 0) is 6.42 Å². The molecular weight excluding hydrogens is 432 g/mol. The Morgan fingerprint density at radius 2 is 1.48 bits per heavy atom. The van der Waals surface area contributed by atoms with Crippen molar-refractivity contribution in [2.75, 3.05) is 0 Å². The minimum Gasteiger partial charge on any atom is -0.238 e. The lowest BCUT2D eigenvalue weighted by atomic mass is 10.1. The standard InChI is InChI=1S/C15H20Br2N2S2/c1-3-4-5-6-7-8-9-11-13(17)21-15(19-11)14-18-10(2)12(16)20-14/h3-9H2,1-2H3. The van der Waals surface area contributed by atoms with Crippen LogP contribution in [0.1, 0.15) is 56.8 Å². The van der Waals surface area contributed by atoms with Gasteiger partial charge in [-0.3, -0.25) is 0 Å². The molecule has 6 heteroatoms. The summed E-state index contributed by atoms with van der Waals surface area (Å²) < 4.78 is 2.26. The van der Waals surface area contributed by atoms with Crippen molar-refractivity contribution in [3.8, 4) is 10.0 Å². The van der Waals surface area contributed by atoms with E-state index in [1.165, 1.54) is 44.2 Å². The van der Waals surface area contributed by atoms with Crippen molar-refractivity contribution in [1.82, 2.24) is 9.97 Å². The van der Waals surface area contributed by atoms with Gasteiger partial charge in [-0.1, -0.05) is 39.0 Å². The van der Waals surface area contributed by atoms with Crippen LogP contribution >= 0.6 is 54.5 Å².